The summed E-state index contributed by atoms with van der Waals surface area (Å²) in [4.78, 5) is 4.64. The SMILES string of the molecule is C[C@@H](Cc1ccc2ccccc2n1)SC[C@H](O)CO. The van der Waals surface area contributed by atoms with E-state index in [0.29, 0.717) is 11.0 Å². The molecule has 0 saturated heterocycles. The lowest BCUT2D eigenvalue weighted by Crippen LogP contribution is -2.17. The van der Waals surface area contributed by atoms with E-state index in [2.05, 4.69) is 30.1 Å². The normalized spacial score (nSPS) is 14.5. The Labute approximate surface area is 117 Å². The molecule has 1 aromatic carbocycles. The molecule has 0 spiro atoms. The van der Waals surface area contributed by atoms with Gasteiger partial charge in [0.05, 0.1) is 18.2 Å². The van der Waals surface area contributed by atoms with Gasteiger partial charge in [0.1, 0.15) is 0 Å². The fourth-order valence-corrected chi connectivity index (χ4v) is 2.85. The molecule has 4 heteroatoms. The minimum Gasteiger partial charge on any atom is -0.394 e. The van der Waals surface area contributed by atoms with Gasteiger partial charge in [-0.1, -0.05) is 31.2 Å². The van der Waals surface area contributed by atoms with Crippen molar-refractivity contribution in [2.24, 2.45) is 0 Å². The predicted molar refractivity (Wildman–Crippen MR) is 80.5 cm³/mol. The van der Waals surface area contributed by atoms with Crippen molar-refractivity contribution in [2.45, 2.75) is 24.7 Å². The maximum Gasteiger partial charge on any atom is 0.0861 e. The highest BCUT2D eigenvalue weighted by molar-refractivity contribution is 7.99. The number of rotatable bonds is 6. The molecule has 2 rings (SSSR count). The maximum atomic E-state index is 9.33. The average Bonchev–Trinajstić information content (AvgIpc) is 2.44. The van der Waals surface area contributed by atoms with Crippen LogP contribution in [0, 0.1) is 0 Å². The minimum absolute atomic E-state index is 0.173. The lowest BCUT2D eigenvalue weighted by atomic mass is 10.1. The number of hydrogen-bond acceptors (Lipinski definition) is 4. The van der Waals surface area contributed by atoms with Gasteiger partial charge in [0.2, 0.25) is 0 Å². The molecule has 1 aromatic heterocycles. The van der Waals surface area contributed by atoms with Crippen LogP contribution in [-0.4, -0.2) is 38.9 Å². The van der Waals surface area contributed by atoms with Gasteiger partial charge in [0, 0.05) is 28.5 Å². The molecule has 0 fully saturated rings. The van der Waals surface area contributed by atoms with E-state index in [1.54, 1.807) is 11.8 Å². The number of nitrogens with zero attached hydrogens (tertiary/aromatic N) is 1. The molecule has 0 bridgehead atoms. The molecule has 1 heterocycles. The summed E-state index contributed by atoms with van der Waals surface area (Å²) < 4.78 is 0. The van der Waals surface area contributed by atoms with E-state index in [4.69, 9.17) is 5.11 Å². The second-order valence-electron chi connectivity index (χ2n) is 4.68. The Kier molecular flexibility index (Phi) is 5.19. The van der Waals surface area contributed by atoms with Crippen LogP contribution in [0.4, 0.5) is 0 Å². The van der Waals surface area contributed by atoms with Crippen LogP contribution in [0.25, 0.3) is 10.9 Å². The van der Waals surface area contributed by atoms with Gasteiger partial charge in [-0.3, -0.25) is 4.98 Å². The first kappa shape index (κ1) is 14.3. The van der Waals surface area contributed by atoms with E-state index in [0.717, 1.165) is 23.0 Å². The van der Waals surface area contributed by atoms with E-state index in [-0.39, 0.29) is 6.61 Å². The summed E-state index contributed by atoms with van der Waals surface area (Å²) in [6, 6.07) is 12.2. The number of benzene rings is 1. The van der Waals surface area contributed by atoms with Crippen molar-refractivity contribution in [3.05, 3.63) is 42.1 Å². The van der Waals surface area contributed by atoms with Gasteiger partial charge < -0.3 is 10.2 Å². The highest BCUT2D eigenvalue weighted by Gasteiger charge is 2.09. The molecule has 0 aliphatic carbocycles. The smallest absolute Gasteiger partial charge is 0.0861 e. The third-order valence-electron chi connectivity index (χ3n) is 2.94. The Morgan fingerprint density at radius 3 is 2.79 bits per heavy atom. The topological polar surface area (TPSA) is 53.4 Å². The van der Waals surface area contributed by atoms with Crippen molar-refractivity contribution in [1.82, 2.24) is 4.98 Å². The molecule has 0 amide bonds. The number of thioether (sulfide) groups is 1. The molecule has 19 heavy (non-hydrogen) atoms. The Bertz CT molecular complexity index is 532. The largest absolute Gasteiger partial charge is 0.394 e. The lowest BCUT2D eigenvalue weighted by Gasteiger charge is -2.13. The summed E-state index contributed by atoms with van der Waals surface area (Å²) in [5.74, 6) is 0.561. The van der Waals surface area contributed by atoms with E-state index >= 15 is 0 Å². The number of hydrogen-bond donors (Lipinski definition) is 2. The second-order valence-corrected chi connectivity index (χ2v) is 6.15. The summed E-state index contributed by atoms with van der Waals surface area (Å²) in [7, 11) is 0. The van der Waals surface area contributed by atoms with Gasteiger partial charge in [0.25, 0.3) is 0 Å². The van der Waals surface area contributed by atoms with Crippen LogP contribution in [0.15, 0.2) is 36.4 Å². The van der Waals surface area contributed by atoms with Crippen molar-refractivity contribution >= 4 is 22.7 Å². The molecular weight excluding hydrogens is 258 g/mol. The van der Waals surface area contributed by atoms with Crippen LogP contribution in [0.1, 0.15) is 12.6 Å². The maximum absolute atomic E-state index is 9.33. The zero-order valence-electron chi connectivity index (χ0n) is 11.0. The number of pyridine rings is 1. The van der Waals surface area contributed by atoms with Crippen molar-refractivity contribution in [3.63, 3.8) is 0 Å². The molecule has 0 aliphatic rings. The van der Waals surface area contributed by atoms with Gasteiger partial charge >= 0.3 is 0 Å². The van der Waals surface area contributed by atoms with Gasteiger partial charge in [-0.2, -0.15) is 11.8 Å². The monoisotopic (exact) mass is 277 g/mol. The third-order valence-corrected chi connectivity index (χ3v) is 4.25. The summed E-state index contributed by atoms with van der Waals surface area (Å²) in [6.45, 7) is 1.94. The fourth-order valence-electron chi connectivity index (χ4n) is 1.90. The summed E-state index contributed by atoms with van der Waals surface area (Å²) in [5.41, 5.74) is 2.09. The standard InChI is InChI=1S/C15H19NO2S/c1-11(19-10-14(18)9-17)8-13-7-6-12-4-2-3-5-15(12)16-13/h2-7,11,14,17-18H,8-10H2,1H3/t11-,14+/m0/s1. The number of aliphatic hydroxyl groups is 2. The first-order valence-corrected chi connectivity index (χ1v) is 7.49. The zero-order valence-corrected chi connectivity index (χ0v) is 11.8. The van der Waals surface area contributed by atoms with Crippen LogP contribution in [0.2, 0.25) is 0 Å². The van der Waals surface area contributed by atoms with Crippen molar-refractivity contribution in [1.29, 1.82) is 0 Å². The fraction of sp³-hybridized carbons (Fsp3) is 0.400. The first-order chi connectivity index (χ1) is 9.19. The highest BCUT2D eigenvalue weighted by Crippen LogP contribution is 2.18. The van der Waals surface area contributed by atoms with Crippen molar-refractivity contribution < 1.29 is 10.2 Å². The third kappa shape index (κ3) is 4.20. The van der Waals surface area contributed by atoms with Crippen LogP contribution >= 0.6 is 11.8 Å². The molecule has 0 unspecified atom stereocenters. The molecule has 2 N–H and O–H groups in total. The molecule has 0 radical (unpaired) electrons. The summed E-state index contributed by atoms with van der Waals surface area (Å²) in [6.07, 6.45) is 0.241. The lowest BCUT2D eigenvalue weighted by molar-refractivity contribution is 0.113. The molecule has 3 nitrogen and oxygen atoms in total. The van der Waals surface area contributed by atoms with Gasteiger partial charge in [0.15, 0.2) is 0 Å². The van der Waals surface area contributed by atoms with Gasteiger partial charge in [-0.05, 0) is 12.1 Å². The van der Waals surface area contributed by atoms with E-state index in [1.807, 2.05) is 18.2 Å². The minimum atomic E-state index is -0.628. The van der Waals surface area contributed by atoms with Crippen molar-refractivity contribution in [2.75, 3.05) is 12.4 Å². The summed E-state index contributed by atoms with van der Waals surface area (Å²) in [5, 5.41) is 19.6. The Hall–Kier alpha value is -1.10. The number of fused-ring (bicyclic) bond motifs is 1. The average molecular weight is 277 g/mol. The van der Waals surface area contributed by atoms with Crippen LogP contribution in [0.5, 0.6) is 0 Å². The number of aliphatic hydroxyl groups excluding tert-OH is 2. The Balaban J connectivity index is 1.96. The van der Waals surface area contributed by atoms with E-state index in [1.165, 1.54) is 0 Å². The Morgan fingerprint density at radius 1 is 1.21 bits per heavy atom. The molecule has 2 atom stereocenters. The van der Waals surface area contributed by atoms with Crippen LogP contribution < -0.4 is 0 Å². The molecular formula is C15H19NO2S. The molecule has 0 saturated carbocycles. The second kappa shape index (κ2) is 6.89. The Morgan fingerprint density at radius 2 is 2.00 bits per heavy atom. The van der Waals surface area contributed by atoms with Gasteiger partial charge in [-0.25, -0.2) is 0 Å². The number of aromatic nitrogens is 1. The van der Waals surface area contributed by atoms with E-state index in [9.17, 15) is 5.11 Å². The zero-order chi connectivity index (χ0) is 13.7. The number of para-hydroxylation sites is 1. The van der Waals surface area contributed by atoms with E-state index < -0.39 is 6.10 Å². The molecule has 0 aliphatic heterocycles. The molecule has 102 valence electrons. The van der Waals surface area contributed by atoms with Crippen LogP contribution in [0.3, 0.4) is 0 Å². The van der Waals surface area contributed by atoms with Crippen molar-refractivity contribution in [3.8, 4) is 0 Å². The van der Waals surface area contributed by atoms with Crippen LogP contribution in [-0.2, 0) is 6.42 Å². The molecule has 2 aromatic rings. The summed E-state index contributed by atoms with van der Waals surface area (Å²) >= 11 is 1.66. The predicted octanol–water partition coefficient (Wildman–Crippen LogP) is 2.25. The van der Waals surface area contributed by atoms with Gasteiger partial charge in [-0.15, -0.1) is 0 Å². The quantitative estimate of drug-likeness (QED) is 0.850. The highest BCUT2D eigenvalue weighted by atomic mass is 32.2. The first-order valence-electron chi connectivity index (χ1n) is 6.44.